The Balaban J connectivity index is 1.53. The number of hydrogen-bond donors (Lipinski definition) is 0. The van der Waals surface area contributed by atoms with Crippen LogP contribution in [0.2, 0.25) is 0 Å². The molecule has 0 unspecified atom stereocenters. The van der Waals surface area contributed by atoms with E-state index in [1.165, 1.54) is 126 Å². The van der Waals surface area contributed by atoms with Gasteiger partial charge in [-0.25, -0.2) is 0 Å². The van der Waals surface area contributed by atoms with Gasteiger partial charge < -0.3 is 0 Å². The van der Waals surface area contributed by atoms with Gasteiger partial charge in [0, 0.05) is 10.5 Å². The molecule has 7 aromatic carbocycles. The number of hydrogen-bond acceptors (Lipinski definition) is 1. The average Bonchev–Trinajstić information content (AvgIpc) is 3.14. The molecule has 0 aliphatic carbocycles. The zero-order valence-corrected chi connectivity index (χ0v) is 32.4. The van der Waals surface area contributed by atoms with Crippen molar-refractivity contribution in [3.63, 3.8) is 0 Å². The zero-order valence-electron chi connectivity index (χ0n) is 31.6. The normalized spacial score (nSPS) is 11.4. The smallest absolute Gasteiger partial charge is 0.129 e. The number of rotatable bonds is 5. The monoisotopic (exact) mass is 648 g/mol. The maximum absolute atomic E-state index is 2.35. The van der Waals surface area contributed by atoms with Crippen LogP contribution < -0.4 is 54.6 Å². The third-order valence-electron chi connectivity index (χ3n) is 12.2. The second-order valence-corrected chi connectivity index (χ2v) is 15.1. The van der Waals surface area contributed by atoms with Crippen LogP contribution in [0.1, 0.15) is 0 Å². The Bertz CT molecular complexity index is 2410. The van der Waals surface area contributed by atoms with Gasteiger partial charge in [-0.1, -0.05) is 107 Å². The Morgan fingerprint density at radius 1 is 0.320 bits per heavy atom. The fourth-order valence-electron chi connectivity index (χ4n) is 8.51. The molecule has 50 heavy (non-hydrogen) atoms. The lowest BCUT2D eigenvalue weighted by molar-refractivity contribution is 1.45. The van der Waals surface area contributed by atoms with Crippen molar-refractivity contribution in [2.45, 2.75) is 4.90 Å². The molecule has 0 spiro atoms. The molecule has 7 aromatic rings. The molecule has 0 nitrogen and oxygen atoms in total. The third-order valence-corrected chi connectivity index (χ3v) is 12.9. The molecule has 0 aliphatic rings. The van der Waals surface area contributed by atoms with Crippen LogP contribution in [-0.4, -0.2) is 84.7 Å². The molecular formula is C39H38B10S. The van der Waals surface area contributed by atoms with E-state index in [9.17, 15) is 0 Å². The highest BCUT2D eigenvalue weighted by Gasteiger charge is 2.23. The molecule has 0 amide bonds. The Labute approximate surface area is 311 Å². The van der Waals surface area contributed by atoms with E-state index in [1.54, 1.807) is 0 Å². The summed E-state index contributed by atoms with van der Waals surface area (Å²) in [7, 11) is 22.8. The second kappa shape index (κ2) is 13.3. The van der Waals surface area contributed by atoms with Crippen molar-refractivity contribution in [2.24, 2.45) is 0 Å². The van der Waals surface area contributed by atoms with Gasteiger partial charge in [-0.05, 0) is 72.8 Å². The Morgan fingerprint density at radius 3 is 1.10 bits per heavy atom. The van der Waals surface area contributed by atoms with Gasteiger partial charge in [0.2, 0.25) is 0 Å². The molecule has 0 saturated heterocycles. The summed E-state index contributed by atoms with van der Waals surface area (Å²) in [6.45, 7) is 0. The summed E-state index contributed by atoms with van der Waals surface area (Å²) in [5.74, 6) is 0. The average molecular weight is 647 g/mol. The van der Waals surface area contributed by atoms with Gasteiger partial charge in [0.25, 0.3) is 0 Å². The first-order chi connectivity index (χ1) is 24.0. The lowest BCUT2D eigenvalue weighted by Gasteiger charge is -2.25. The van der Waals surface area contributed by atoms with Crippen molar-refractivity contribution < 1.29 is 0 Å². The molecule has 0 N–H and O–H groups in total. The molecule has 0 bridgehead atoms. The van der Waals surface area contributed by atoms with Crippen molar-refractivity contribution in [3.05, 3.63) is 91.0 Å². The summed E-state index contributed by atoms with van der Waals surface area (Å²) in [5, 5.41) is 5.21. The maximum Gasteiger partial charge on any atom is 0.139 e. The molecule has 0 saturated carbocycles. The zero-order chi connectivity index (χ0) is 35.6. The largest absolute Gasteiger partial charge is 0.139 e. The van der Waals surface area contributed by atoms with Crippen molar-refractivity contribution in [1.29, 1.82) is 0 Å². The number of thioether (sulfide) groups is 1. The lowest BCUT2D eigenvalue weighted by atomic mass is 9.59. The van der Waals surface area contributed by atoms with Crippen LogP contribution in [0.15, 0.2) is 95.9 Å². The number of fused-ring (bicyclic) bond motifs is 2. The van der Waals surface area contributed by atoms with Gasteiger partial charge in [-0.2, -0.15) is 0 Å². The minimum absolute atomic E-state index is 1.25. The predicted molar refractivity (Wildman–Crippen MR) is 257 cm³/mol. The summed E-state index contributed by atoms with van der Waals surface area (Å²) in [6.07, 6.45) is 2.20. The van der Waals surface area contributed by atoms with Gasteiger partial charge in [0.15, 0.2) is 0 Å². The van der Waals surface area contributed by atoms with E-state index in [1.807, 2.05) is 11.8 Å². The van der Waals surface area contributed by atoms with Crippen molar-refractivity contribution in [1.82, 2.24) is 0 Å². The molecule has 0 aromatic heterocycles. The van der Waals surface area contributed by atoms with Crippen molar-refractivity contribution in [3.8, 4) is 44.5 Å². The molecule has 0 aliphatic heterocycles. The van der Waals surface area contributed by atoms with Crippen LogP contribution >= 0.6 is 11.8 Å². The van der Waals surface area contributed by atoms with Crippen LogP contribution in [0.4, 0.5) is 0 Å². The van der Waals surface area contributed by atoms with Crippen LogP contribution in [0.5, 0.6) is 0 Å². The SMILES string of the molecule is Bc1c(B)c(B)c(-c2ccc(-c3c(SC)cccc3-c3c4ccccc4c(-c4c(B)c(B)c(B)c(B)c4B)c4ccccc34)cc2)c(B)c1B. The highest BCUT2D eigenvalue weighted by molar-refractivity contribution is 7.98. The maximum atomic E-state index is 2.35. The van der Waals surface area contributed by atoms with Crippen molar-refractivity contribution in [2.75, 3.05) is 6.26 Å². The molecule has 0 heterocycles. The molecule has 0 fully saturated rings. The lowest BCUT2D eigenvalue weighted by Crippen LogP contribution is -2.55. The first-order valence-electron chi connectivity index (χ1n) is 17.8. The molecular weight excluding hydrogens is 609 g/mol. The van der Waals surface area contributed by atoms with Gasteiger partial charge in [0.05, 0.1) is 0 Å². The van der Waals surface area contributed by atoms with E-state index in [0.717, 1.165) is 0 Å². The fraction of sp³-hybridized carbons (Fsp3) is 0.0256. The Kier molecular flexibility index (Phi) is 9.19. The standard InChI is InChI=1S/C39H38B10S/c1-50-24-12-6-11-23(25(24)17-13-15-18(16-14-17)26-30(40)34(44)38(48)35(45)31(26)41)27-19-7-2-4-9-21(19)28(22-10-5-3-8-20(22)27)29-32(42)36(46)39(49)37(47)33(29)43/h2-16H,40-49H2,1H3. The van der Waals surface area contributed by atoms with Crippen LogP contribution in [0.25, 0.3) is 66.1 Å². The van der Waals surface area contributed by atoms with E-state index in [2.05, 4.69) is 176 Å². The van der Waals surface area contributed by atoms with E-state index >= 15 is 0 Å². The van der Waals surface area contributed by atoms with E-state index in [0.29, 0.717) is 0 Å². The first kappa shape index (κ1) is 34.5. The van der Waals surface area contributed by atoms with Gasteiger partial charge in [-0.3, -0.25) is 0 Å². The summed E-state index contributed by atoms with van der Waals surface area (Å²) >= 11 is 1.83. The van der Waals surface area contributed by atoms with Crippen LogP contribution in [0.3, 0.4) is 0 Å². The fourth-order valence-corrected chi connectivity index (χ4v) is 9.15. The summed E-state index contributed by atoms with van der Waals surface area (Å²) in [6, 6.07) is 34.4. The highest BCUT2D eigenvalue weighted by atomic mass is 32.2. The Morgan fingerprint density at radius 2 is 0.680 bits per heavy atom. The van der Waals surface area contributed by atoms with Crippen molar-refractivity contribution >= 4 is 166 Å². The topological polar surface area (TPSA) is 0 Å². The second-order valence-electron chi connectivity index (χ2n) is 14.3. The predicted octanol–water partition coefficient (Wildman–Crippen LogP) is -6.03. The van der Waals surface area contributed by atoms with E-state index in [-0.39, 0.29) is 0 Å². The molecule has 0 radical (unpaired) electrons. The van der Waals surface area contributed by atoms with Gasteiger partial charge in [-0.15, -0.1) is 44.5 Å². The van der Waals surface area contributed by atoms with Crippen LogP contribution in [-0.2, 0) is 0 Å². The first-order valence-corrected chi connectivity index (χ1v) is 19.1. The Hall–Kier alpha value is -3.94. The van der Waals surface area contributed by atoms with E-state index in [4.69, 9.17) is 0 Å². The quantitative estimate of drug-likeness (QED) is 0.102. The molecule has 7 rings (SSSR count). The molecule has 230 valence electrons. The van der Waals surface area contributed by atoms with Gasteiger partial charge in [0.1, 0.15) is 78.5 Å². The van der Waals surface area contributed by atoms with Gasteiger partial charge >= 0.3 is 0 Å². The third kappa shape index (κ3) is 5.31. The van der Waals surface area contributed by atoms with E-state index < -0.39 is 0 Å². The molecule has 0 atom stereocenters. The number of benzene rings is 7. The van der Waals surface area contributed by atoms with Crippen LogP contribution in [0, 0.1) is 0 Å². The highest BCUT2D eigenvalue weighted by Crippen LogP contribution is 2.47. The minimum Gasteiger partial charge on any atom is -0.129 e. The summed E-state index contributed by atoms with van der Waals surface area (Å²) in [4.78, 5) is 1.29. The summed E-state index contributed by atoms with van der Waals surface area (Å²) < 4.78 is 0. The molecule has 11 heteroatoms. The summed E-state index contributed by atoms with van der Waals surface area (Å²) in [5.41, 5.74) is 24.4. The minimum atomic E-state index is 1.25.